The Morgan fingerprint density at radius 1 is 1.04 bits per heavy atom. The van der Waals surface area contributed by atoms with Gasteiger partial charge in [0.05, 0.1) is 0 Å². The maximum atomic E-state index is 12.8. The first kappa shape index (κ1) is 20.8. The standard InChI is InChI=1S/C23H34N2O3/c1-28-17-5-14-24-22(26)20-12-15-25(16-13-20)23(27)21-10-8-19(9-11-21)18-6-3-2-4-7-18/h8-11,18,20H,2-7,12-17H2,1H3,(H,24,26). The molecular weight excluding hydrogens is 352 g/mol. The van der Waals surface area contributed by atoms with Crippen molar-refractivity contribution < 1.29 is 14.3 Å². The molecule has 0 bridgehead atoms. The van der Waals surface area contributed by atoms with E-state index in [9.17, 15) is 9.59 Å². The number of nitrogens with zero attached hydrogens (tertiary/aromatic N) is 1. The smallest absolute Gasteiger partial charge is 0.253 e. The lowest BCUT2D eigenvalue weighted by Gasteiger charge is -2.31. The summed E-state index contributed by atoms with van der Waals surface area (Å²) in [6.45, 7) is 2.62. The Morgan fingerprint density at radius 2 is 1.71 bits per heavy atom. The number of methoxy groups -OCH3 is 1. The molecule has 1 aromatic rings. The SMILES string of the molecule is COCCCNC(=O)C1CCN(C(=O)c2ccc(C3CCCCC3)cc2)CC1. The van der Waals surface area contributed by atoms with Gasteiger partial charge < -0.3 is 15.0 Å². The molecule has 1 aliphatic carbocycles. The third-order valence-electron chi connectivity index (χ3n) is 6.21. The van der Waals surface area contributed by atoms with Crippen LogP contribution in [0.2, 0.25) is 0 Å². The summed E-state index contributed by atoms with van der Waals surface area (Å²) in [5.41, 5.74) is 2.14. The summed E-state index contributed by atoms with van der Waals surface area (Å²) in [5, 5.41) is 2.98. The summed E-state index contributed by atoms with van der Waals surface area (Å²) in [4.78, 5) is 27.0. The zero-order chi connectivity index (χ0) is 19.8. The van der Waals surface area contributed by atoms with Crippen molar-refractivity contribution in [2.24, 2.45) is 5.92 Å². The van der Waals surface area contributed by atoms with E-state index in [0.29, 0.717) is 32.2 Å². The van der Waals surface area contributed by atoms with Gasteiger partial charge in [-0.3, -0.25) is 9.59 Å². The molecule has 0 spiro atoms. The lowest BCUT2D eigenvalue weighted by atomic mass is 9.84. The number of carbonyl (C=O) groups is 2. The monoisotopic (exact) mass is 386 g/mol. The molecule has 1 heterocycles. The number of amides is 2. The molecule has 3 rings (SSSR count). The Balaban J connectivity index is 1.46. The van der Waals surface area contributed by atoms with E-state index in [-0.39, 0.29) is 17.7 Å². The first-order valence-corrected chi connectivity index (χ1v) is 10.8. The van der Waals surface area contributed by atoms with Crippen LogP contribution in [0.15, 0.2) is 24.3 Å². The van der Waals surface area contributed by atoms with E-state index in [1.54, 1.807) is 7.11 Å². The predicted octanol–water partition coefficient (Wildman–Crippen LogP) is 3.74. The Morgan fingerprint density at radius 3 is 2.36 bits per heavy atom. The number of carbonyl (C=O) groups excluding carboxylic acids is 2. The normalized spacial score (nSPS) is 18.8. The van der Waals surface area contributed by atoms with Crippen molar-refractivity contribution in [2.75, 3.05) is 33.4 Å². The number of ether oxygens (including phenoxy) is 1. The van der Waals surface area contributed by atoms with Crippen molar-refractivity contribution in [2.45, 2.75) is 57.3 Å². The van der Waals surface area contributed by atoms with Crippen LogP contribution in [0.5, 0.6) is 0 Å². The Hall–Kier alpha value is -1.88. The first-order chi connectivity index (χ1) is 13.7. The van der Waals surface area contributed by atoms with Crippen molar-refractivity contribution in [1.29, 1.82) is 0 Å². The van der Waals surface area contributed by atoms with E-state index >= 15 is 0 Å². The quantitative estimate of drug-likeness (QED) is 0.726. The van der Waals surface area contributed by atoms with Crippen LogP contribution < -0.4 is 5.32 Å². The average molecular weight is 387 g/mol. The van der Waals surface area contributed by atoms with E-state index in [1.165, 1.54) is 37.7 Å². The van der Waals surface area contributed by atoms with Gasteiger partial charge in [-0.1, -0.05) is 31.4 Å². The second-order valence-corrected chi connectivity index (χ2v) is 8.16. The molecule has 0 atom stereocenters. The number of nitrogens with one attached hydrogen (secondary N) is 1. The lowest BCUT2D eigenvalue weighted by molar-refractivity contribution is -0.126. The summed E-state index contributed by atoms with van der Waals surface area (Å²) in [6, 6.07) is 8.26. The van der Waals surface area contributed by atoms with Gasteiger partial charge >= 0.3 is 0 Å². The van der Waals surface area contributed by atoms with Gasteiger partial charge in [0.15, 0.2) is 0 Å². The molecule has 1 saturated carbocycles. The maximum absolute atomic E-state index is 12.8. The first-order valence-electron chi connectivity index (χ1n) is 10.8. The van der Waals surface area contributed by atoms with Crippen LogP contribution in [0.1, 0.15) is 73.2 Å². The topological polar surface area (TPSA) is 58.6 Å². The molecule has 5 heteroatoms. The van der Waals surface area contributed by atoms with E-state index in [1.807, 2.05) is 17.0 Å². The fraction of sp³-hybridized carbons (Fsp3) is 0.652. The molecule has 2 aliphatic rings. The van der Waals surface area contributed by atoms with Gasteiger partial charge in [-0.25, -0.2) is 0 Å². The van der Waals surface area contributed by atoms with Crippen LogP contribution in [-0.4, -0.2) is 50.1 Å². The van der Waals surface area contributed by atoms with E-state index in [0.717, 1.165) is 24.8 Å². The van der Waals surface area contributed by atoms with Crippen LogP contribution in [-0.2, 0) is 9.53 Å². The molecule has 1 N–H and O–H groups in total. The number of rotatable bonds is 7. The average Bonchev–Trinajstić information content (AvgIpc) is 2.77. The van der Waals surface area contributed by atoms with Crippen molar-refractivity contribution in [1.82, 2.24) is 10.2 Å². The summed E-state index contributed by atoms with van der Waals surface area (Å²) in [7, 11) is 1.66. The molecule has 1 aliphatic heterocycles. The molecule has 0 radical (unpaired) electrons. The highest BCUT2D eigenvalue weighted by atomic mass is 16.5. The molecular formula is C23H34N2O3. The van der Waals surface area contributed by atoms with Gasteiger partial charge in [0.2, 0.25) is 5.91 Å². The fourth-order valence-corrected chi connectivity index (χ4v) is 4.43. The molecule has 1 aromatic carbocycles. The molecule has 0 aromatic heterocycles. The third kappa shape index (κ3) is 5.57. The third-order valence-corrected chi connectivity index (χ3v) is 6.21. The molecule has 1 saturated heterocycles. The number of benzene rings is 1. The molecule has 154 valence electrons. The van der Waals surface area contributed by atoms with E-state index < -0.39 is 0 Å². The van der Waals surface area contributed by atoms with Crippen LogP contribution >= 0.6 is 0 Å². The second kappa shape index (κ2) is 10.6. The highest BCUT2D eigenvalue weighted by molar-refractivity contribution is 5.94. The molecule has 5 nitrogen and oxygen atoms in total. The van der Waals surface area contributed by atoms with Crippen molar-refractivity contribution in [3.05, 3.63) is 35.4 Å². The zero-order valence-electron chi connectivity index (χ0n) is 17.1. The van der Waals surface area contributed by atoms with E-state index in [4.69, 9.17) is 4.74 Å². The molecule has 0 unspecified atom stereocenters. The maximum Gasteiger partial charge on any atom is 0.253 e. The Bertz CT molecular complexity index is 630. The highest BCUT2D eigenvalue weighted by Gasteiger charge is 2.27. The van der Waals surface area contributed by atoms with Crippen LogP contribution in [0.25, 0.3) is 0 Å². The fourth-order valence-electron chi connectivity index (χ4n) is 4.43. The highest BCUT2D eigenvalue weighted by Crippen LogP contribution is 2.32. The number of piperidine rings is 1. The number of hydrogen-bond acceptors (Lipinski definition) is 3. The van der Waals surface area contributed by atoms with E-state index in [2.05, 4.69) is 17.4 Å². The van der Waals surface area contributed by atoms with Gasteiger partial charge in [0.1, 0.15) is 0 Å². The van der Waals surface area contributed by atoms with Gasteiger partial charge in [-0.05, 0) is 55.7 Å². The minimum absolute atomic E-state index is 0.0141. The van der Waals surface area contributed by atoms with Crippen LogP contribution in [0.4, 0.5) is 0 Å². The molecule has 2 fully saturated rings. The largest absolute Gasteiger partial charge is 0.385 e. The molecule has 28 heavy (non-hydrogen) atoms. The van der Waals surface area contributed by atoms with Crippen molar-refractivity contribution >= 4 is 11.8 Å². The van der Waals surface area contributed by atoms with Gasteiger partial charge in [0, 0.05) is 44.8 Å². The lowest BCUT2D eigenvalue weighted by Crippen LogP contribution is -2.43. The number of hydrogen-bond donors (Lipinski definition) is 1. The Kier molecular flexibility index (Phi) is 7.90. The minimum Gasteiger partial charge on any atom is -0.385 e. The summed E-state index contributed by atoms with van der Waals surface area (Å²) >= 11 is 0. The van der Waals surface area contributed by atoms with Crippen LogP contribution in [0.3, 0.4) is 0 Å². The predicted molar refractivity (Wildman–Crippen MR) is 110 cm³/mol. The van der Waals surface area contributed by atoms with Gasteiger partial charge in [-0.15, -0.1) is 0 Å². The van der Waals surface area contributed by atoms with Crippen LogP contribution in [0, 0.1) is 5.92 Å². The summed E-state index contributed by atoms with van der Waals surface area (Å²) in [5.74, 6) is 0.880. The zero-order valence-corrected chi connectivity index (χ0v) is 17.1. The Labute approximate surface area is 168 Å². The summed E-state index contributed by atoms with van der Waals surface area (Å²) in [6.07, 6.45) is 8.85. The number of likely N-dealkylation sites (tertiary alicyclic amines) is 1. The van der Waals surface area contributed by atoms with Crippen molar-refractivity contribution in [3.63, 3.8) is 0 Å². The summed E-state index contributed by atoms with van der Waals surface area (Å²) < 4.78 is 5.00. The second-order valence-electron chi connectivity index (χ2n) is 8.16. The van der Waals surface area contributed by atoms with Crippen molar-refractivity contribution in [3.8, 4) is 0 Å². The minimum atomic E-state index is 0.0141. The van der Waals surface area contributed by atoms with Gasteiger partial charge in [-0.2, -0.15) is 0 Å². The van der Waals surface area contributed by atoms with Gasteiger partial charge in [0.25, 0.3) is 5.91 Å². The molecule has 2 amide bonds.